The molecule has 10 heteroatoms. The van der Waals surface area contributed by atoms with Gasteiger partial charge in [-0.3, -0.25) is 19.8 Å². The van der Waals surface area contributed by atoms with Crippen molar-refractivity contribution in [2.45, 2.75) is 6.61 Å². The summed E-state index contributed by atoms with van der Waals surface area (Å²) < 4.78 is 11.7. The third-order valence-corrected chi connectivity index (χ3v) is 6.46. The largest absolute Gasteiger partial charge is 0.493 e. The number of rotatable bonds is 7. The summed E-state index contributed by atoms with van der Waals surface area (Å²) in [6.45, 7) is 0.348. The minimum absolute atomic E-state index is 0.0600. The molecular weight excluding hydrogens is 496 g/mol. The molecule has 0 radical (unpaired) electrons. The number of non-ortho nitro benzene ring substituents is 1. The minimum atomic E-state index is -0.496. The first-order valence-electron chi connectivity index (χ1n) is 9.93. The molecule has 1 aliphatic heterocycles. The van der Waals surface area contributed by atoms with Crippen molar-refractivity contribution < 1.29 is 19.2 Å². The first-order valence-corrected chi connectivity index (χ1v) is 11.5. The molecule has 172 valence electrons. The number of methoxy groups -OCH3 is 1. The zero-order valence-corrected chi connectivity index (χ0v) is 20.2. The van der Waals surface area contributed by atoms with E-state index in [1.165, 1.54) is 29.2 Å². The van der Waals surface area contributed by atoms with Crippen LogP contribution >= 0.6 is 35.6 Å². The van der Waals surface area contributed by atoms with Gasteiger partial charge in [0.25, 0.3) is 11.6 Å². The van der Waals surface area contributed by atoms with Gasteiger partial charge in [0.05, 0.1) is 22.6 Å². The van der Waals surface area contributed by atoms with Gasteiger partial charge in [0.15, 0.2) is 15.8 Å². The molecule has 3 aromatic rings. The third kappa shape index (κ3) is 5.22. The number of nitrogens with zero attached hydrogens (tertiary/aromatic N) is 2. The van der Waals surface area contributed by atoms with Crippen LogP contribution in [0, 0.1) is 10.1 Å². The quantitative estimate of drug-likeness (QED) is 0.160. The van der Waals surface area contributed by atoms with Crippen molar-refractivity contribution in [1.82, 2.24) is 0 Å². The van der Waals surface area contributed by atoms with E-state index in [-0.39, 0.29) is 11.6 Å². The Labute approximate surface area is 210 Å². The molecule has 34 heavy (non-hydrogen) atoms. The SMILES string of the molecule is COc1cc(/C=C2\SC(=S)N(c3ccc([N+](=O)[O-])cc3)C2=O)ccc1OCc1ccc(Cl)cc1. The van der Waals surface area contributed by atoms with Crippen LogP contribution in [0.5, 0.6) is 11.5 Å². The van der Waals surface area contributed by atoms with Crippen molar-refractivity contribution in [3.8, 4) is 11.5 Å². The topological polar surface area (TPSA) is 81.9 Å². The molecule has 0 saturated carbocycles. The van der Waals surface area contributed by atoms with Crippen LogP contribution in [0.2, 0.25) is 5.02 Å². The maximum atomic E-state index is 13.0. The predicted molar refractivity (Wildman–Crippen MR) is 138 cm³/mol. The molecule has 0 unspecified atom stereocenters. The smallest absolute Gasteiger partial charge is 0.270 e. The highest BCUT2D eigenvalue weighted by Crippen LogP contribution is 2.37. The van der Waals surface area contributed by atoms with Gasteiger partial charge in [-0.05, 0) is 53.6 Å². The van der Waals surface area contributed by atoms with Crippen LogP contribution in [-0.4, -0.2) is 22.3 Å². The van der Waals surface area contributed by atoms with Gasteiger partial charge in [0.2, 0.25) is 0 Å². The normalized spacial score (nSPS) is 14.5. The van der Waals surface area contributed by atoms with Gasteiger partial charge in [-0.15, -0.1) is 0 Å². The number of thiocarbonyl (C=S) groups is 1. The molecule has 0 atom stereocenters. The second kappa shape index (κ2) is 10.3. The fourth-order valence-corrected chi connectivity index (χ4v) is 4.63. The number of hydrogen-bond donors (Lipinski definition) is 0. The number of hydrogen-bond acceptors (Lipinski definition) is 7. The van der Waals surface area contributed by atoms with Crippen LogP contribution in [0.3, 0.4) is 0 Å². The summed E-state index contributed by atoms with van der Waals surface area (Å²) in [6, 6.07) is 18.4. The molecule has 1 saturated heterocycles. The van der Waals surface area contributed by atoms with Crippen LogP contribution in [0.15, 0.2) is 71.6 Å². The van der Waals surface area contributed by atoms with E-state index >= 15 is 0 Å². The maximum Gasteiger partial charge on any atom is 0.270 e. The van der Waals surface area contributed by atoms with Crippen molar-refractivity contribution in [3.05, 3.63) is 97.9 Å². The lowest BCUT2D eigenvalue weighted by molar-refractivity contribution is -0.384. The average molecular weight is 513 g/mol. The highest BCUT2D eigenvalue weighted by atomic mass is 35.5. The molecule has 0 bridgehead atoms. The van der Waals surface area contributed by atoms with Crippen molar-refractivity contribution >= 4 is 63.3 Å². The van der Waals surface area contributed by atoms with Gasteiger partial charge in [-0.1, -0.05) is 53.8 Å². The molecule has 3 aromatic carbocycles. The molecule has 7 nitrogen and oxygen atoms in total. The number of carbonyl (C=O) groups is 1. The summed E-state index contributed by atoms with van der Waals surface area (Å²) in [4.78, 5) is 25.2. The van der Waals surface area contributed by atoms with E-state index < -0.39 is 4.92 Å². The van der Waals surface area contributed by atoms with Gasteiger partial charge in [-0.2, -0.15) is 0 Å². The van der Waals surface area contributed by atoms with Crippen molar-refractivity contribution in [3.63, 3.8) is 0 Å². The Morgan fingerprint density at radius 2 is 1.79 bits per heavy atom. The van der Waals surface area contributed by atoms with Gasteiger partial charge in [0.1, 0.15) is 6.61 Å². The van der Waals surface area contributed by atoms with Gasteiger partial charge in [0, 0.05) is 17.2 Å². The number of anilines is 1. The standard InChI is InChI=1S/C24H17ClN2O5S2/c1-31-21-12-16(4-11-20(21)32-14-15-2-5-17(25)6-3-15)13-22-23(28)26(24(33)34-22)18-7-9-19(10-8-18)27(29)30/h2-13H,14H2,1H3/b22-13-. The zero-order chi connectivity index (χ0) is 24.2. The summed E-state index contributed by atoms with van der Waals surface area (Å²) in [6.07, 6.45) is 1.72. The predicted octanol–water partition coefficient (Wildman–Crippen LogP) is 6.24. The van der Waals surface area contributed by atoms with Gasteiger partial charge in [-0.25, -0.2) is 0 Å². The Kier molecular flexibility index (Phi) is 7.16. The second-order valence-corrected chi connectivity index (χ2v) is 9.23. The molecule has 0 N–H and O–H groups in total. The van der Waals surface area contributed by atoms with Crippen LogP contribution in [0.25, 0.3) is 6.08 Å². The Hall–Kier alpha value is -3.40. The molecule has 1 aliphatic rings. The summed E-state index contributed by atoms with van der Waals surface area (Å²) >= 11 is 12.5. The zero-order valence-electron chi connectivity index (χ0n) is 17.8. The van der Waals surface area contributed by atoms with Gasteiger partial charge >= 0.3 is 0 Å². The van der Waals surface area contributed by atoms with Crippen molar-refractivity contribution in [2.24, 2.45) is 0 Å². The Morgan fingerprint density at radius 3 is 2.44 bits per heavy atom. The summed E-state index contributed by atoms with van der Waals surface area (Å²) in [5, 5.41) is 11.5. The molecule has 1 heterocycles. The molecule has 0 aromatic heterocycles. The van der Waals surface area contributed by atoms with Crippen molar-refractivity contribution in [1.29, 1.82) is 0 Å². The molecule has 1 amide bonds. The van der Waals surface area contributed by atoms with Crippen LogP contribution in [0.4, 0.5) is 11.4 Å². The number of nitro groups is 1. The van der Waals surface area contributed by atoms with E-state index in [0.29, 0.717) is 38.0 Å². The van der Waals surface area contributed by atoms with E-state index in [2.05, 4.69) is 0 Å². The van der Waals surface area contributed by atoms with Crippen molar-refractivity contribution in [2.75, 3.05) is 12.0 Å². The lowest BCUT2D eigenvalue weighted by Gasteiger charge is -2.14. The average Bonchev–Trinajstić information content (AvgIpc) is 3.11. The maximum absolute atomic E-state index is 13.0. The van der Waals surface area contributed by atoms with E-state index in [1.807, 2.05) is 18.2 Å². The summed E-state index contributed by atoms with van der Waals surface area (Å²) in [5.74, 6) is 0.785. The molecule has 1 fully saturated rings. The molecular formula is C24H17ClN2O5S2. The number of halogens is 1. The first-order chi connectivity index (χ1) is 16.4. The lowest BCUT2D eigenvalue weighted by atomic mass is 10.1. The van der Waals surface area contributed by atoms with Crippen LogP contribution in [0.1, 0.15) is 11.1 Å². The Balaban J connectivity index is 1.51. The minimum Gasteiger partial charge on any atom is -0.493 e. The van der Waals surface area contributed by atoms with Crippen LogP contribution in [-0.2, 0) is 11.4 Å². The summed E-state index contributed by atoms with van der Waals surface area (Å²) in [5.41, 5.74) is 2.11. The number of nitro benzene ring substituents is 1. The monoisotopic (exact) mass is 512 g/mol. The number of ether oxygens (including phenoxy) is 2. The number of carbonyl (C=O) groups excluding carboxylic acids is 1. The Morgan fingerprint density at radius 1 is 1.09 bits per heavy atom. The number of amides is 1. The first kappa shape index (κ1) is 23.7. The highest BCUT2D eigenvalue weighted by molar-refractivity contribution is 8.27. The van der Waals surface area contributed by atoms with E-state index in [9.17, 15) is 14.9 Å². The molecule has 0 aliphatic carbocycles. The molecule has 0 spiro atoms. The fourth-order valence-electron chi connectivity index (χ4n) is 3.20. The number of benzene rings is 3. The number of thioether (sulfide) groups is 1. The fraction of sp³-hybridized carbons (Fsp3) is 0.0833. The Bertz CT molecular complexity index is 1290. The van der Waals surface area contributed by atoms with Crippen LogP contribution < -0.4 is 14.4 Å². The molecule has 4 rings (SSSR count). The highest BCUT2D eigenvalue weighted by Gasteiger charge is 2.33. The van der Waals surface area contributed by atoms with E-state index in [0.717, 1.165) is 22.9 Å². The lowest BCUT2D eigenvalue weighted by Crippen LogP contribution is -2.27. The third-order valence-electron chi connectivity index (χ3n) is 4.91. The van der Waals surface area contributed by atoms with Gasteiger partial charge < -0.3 is 9.47 Å². The summed E-state index contributed by atoms with van der Waals surface area (Å²) in [7, 11) is 1.54. The van der Waals surface area contributed by atoms with E-state index in [4.69, 9.17) is 33.3 Å². The second-order valence-electron chi connectivity index (χ2n) is 7.12. The van der Waals surface area contributed by atoms with E-state index in [1.54, 1.807) is 37.5 Å².